The van der Waals surface area contributed by atoms with Crippen molar-refractivity contribution >= 4 is 45.5 Å². The SMILES string of the molecule is Cc1ccc(N(c2ccc(C)cc2)c2c(C)c(N(C3=CC=CCC3)c3cccc(-c4ccccc4)c3)c(C)c(N(c3ccccc3)c3cccc(-c4ccccc4)c3)c2C)cc1. The molecule has 0 bridgehead atoms. The summed E-state index contributed by atoms with van der Waals surface area (Å²) in [6, 6.07) is 68.4. The van der Waals surface area contributed by atoms with E-state index in [1.54, 1.807) is 0 Å². The second-order valence-corrected chi connectivity index (χ2v) is 16.4. The van der Waals surface area contributed by atoms with E-state index in [1.807, 2.05) is 0 Å². The Labute approximate surface area is 368 Å². The van der Waals surface area contributed by atoms with Crippen LogP contribution in [-0.4, -0.2) is 0 Å². The summed E-state index contributed by atoms with van der Waals surface area (Å²) in [4.78, 5) is 7.52. The Hall–Kier alpha value is -7.36. The highest BCUT2D eigenvalue weighted by Gasteiger charge is 2.31. The summed E-state index contributed by atoms with van der Waals surface area (Å²) in [5.41, 5.74) is 21.1. The van der Waals surface area contributed by atoms with Crippen molar-refractivity contribution in [3.05, 3.63) is 240 Å². The quantitative estimate of drug-likeness (QED) is 0.129. The highest BCUT2D eigenvalue weighted by Crippen LogP contribution is 2.53. The lowest BCUT2D eigenvalue weighted by molar-refractivity contribution is 0.912. The standard InChI is InChI=1S/C59H53N3/c1-42-32-36-53(37-33-42)60(54-38-34-43(2)35-39-54)57-44(3)58(61(51-26-14-8-15-27-51)55-30-18-24-49(40-55)47-20-10-6-11-21-47)46(5)59(45(57)4)62(52-28-16-9-17-29-52)56-31-19-25-50(41-56)48-22-12-7-13-23-48/h6-16,18-28,30-41H,17,29H2,1-5H3. The van der Waals surface area contributed by atoms with Crippen LogP contribution in [0.5, 0.6) is 0 Å². The first kappa shape index (κ1) is 40.1. The minimum atomic E-state index is 0.921. The second-order valence-electron chi connectivity index (χ2n) is 16.4. The highest BCUT2D eigenvalue weighted by atomic mass is 15.2. The van der Waals surface area contributed by atoms with Crippen molar-refractivity contribution < 1.29 is 0 Å². The second kappa shape index (κ2) is 17.7. The van der Waals surface area contributed by atoms with E-state index >= 15 is 0 Å². The van der Waals surface area contributed by atoms with Crippen LogP contribution in [0.1, 0.15) is 40.7 Å². The minimum Gasteiger partial charge on any atom is -0.314 e. The van der Waals surface area contributed by atoms with E-state index < -0.39 is 0 Å². The van der Waals surface area contributed by atoms with E-state index in [4.69, 9.17) is 0 Å². The van der Waals surface area contributed by atoms with E-state index in [9.17, 15) is 0 Å². The van der Waals surface area contributed by atoms with Gasteiger partial charge in [0.25, 0.3) is 0 Å². The predicted octanol–water partition coefficient (Wildman–Crippen LogP) is 16.9. The molecule has 0 fully saturated rings. The zero-order chi connectivity index (χ0) is 42.6. The van der Waals surface area contributed by atoms with Gasteiger partial charge >= 0.3 is 0 Å². The first-order valence-electron chi connectivity index (χ1n) is 21.7. The molecule has 1 aliphatic rings. The number of anilines is 8. The molecule has 62 heavy (non-hydrogen) atoms. The summed E-state index contributed by atoms with van der Waals surface area (Å²) in [6.07, 6.45) is 8.72. The topological polar surface area (TPSA) is 9.72 Å². The van der Waals surface area contributed by atoms with Gasteiger partial charge in [-0.2, -0.15) is 0 Å². The number of hydrogen-bond donors (Lipinski definition) is 0. The fourth-order valence-electron chi connectivity index (χ4n) is 9.09. The maximum absolute atomic E-state index is 2.55. The molecule has 0 aromatic heterocycles. The molecule has 0 spiro atoms. The van der Waals surface area contributed by atoms with Crippen molar-refractivity contribution in [1.29, 1.82) is 0 Å². The van der Waals surface area contributed by atoms with Crippen LogP contribution in [-0.2, 0) is 0 Å². The Morgan fingerprint density at radius 1 is 0.339 bits per heavy atom. The molecule has 304 valence electrons. The molecule has 0 amide bonds. The lowest BCUT2D eigenvalue weighted by atomic mass is 9.93. The van der Waals surface area contributed by atoms with E-state index in [2.05, 4.69) is 256 Å². The number of allylic oxidation sites excluding steroid dienone is 4. The predicted molar refractivity (Wildman–Crippen MR) is 265 cm³/mol. The van der Waals surface area contributed by atoms with Gasteiger partial charge in [-0.1, -0.05) is 151 Å². The molecule has 0 aliphatic heterocycles. The molecule has 0 N–H and O–H groups in total. The third-order valence-corrected chi connectivity index (χ3v) is 12.1. The number of hydrogen-bond acceptors (Lipinski definition) is 3. The van der Waals surface area contributed by atoms with Crippen molar-refractivity contribution in [2.24, 2.45) is 0 Å². The van der Waals surface area contributed by atoms with E-state index in [0.717, 1.165) is 52.7 Å². The number of para-hydroxylation sites is 1. The zero-order valence-corrected chi connectivity index (χ0v) is 36.4. The van der Waals surface area contributed by atoms with Crippen molar-refractivity contribution in [3.8, 4) is 22.3 Å². The van der Waals surface area contributed by atoms with E-state index in [-0.39, 0.29) is 0 Å². The number of rotatable bonds is 11. The van der Waals surface area contributed by atoms with Gasteiger partial charge in [0.05, 0.1) is 17.1 Å². The fourth-order valence-corrected chi connectivity index (χ4v) is 9.09. The van der Waals surface area contributed by atoms with Crippen molar-refractivity contribution in [2.75, 3.05) is 14.7 Å². The summed E-state index contributed by atoms with van der Waals surface area (Å²) in [5.74, 6) is 0. The zero-order valence-electron chi connectivity index (χ0n) is 36.4. The first-order valence-corrected chi connectivity index (χ1v) is 21.7. The van der Waals surface area contributed by atoms with Crippen LogP contribution in [0.2, 0.25) is 0 Å². The average molecular weight is 804 g/mol. The van der Waals surface area contributed by atoms with Crippen LogP contribution in [0.15, 0.2) is 212 Å². The van der Waals surface area contributed by atoms with Gasteiger partial charge in [-0.05, 0) is 153 Å². The van der Waals surface area contributed by atoms with Crippen LogP contribution >= 0.6 is 0 Å². The van der Waals surface area contributed by atoms with Crippen LogP contribution in [0.25, 0.3) is 22.3 Å². The molecule has 3 nitrogen and oxygen atoms in total. The molecular formula is C59H53N3. The molecule has 0 radical (unpaired) electrons. The first-order chi connectivity index (χ1) is 30.4. The Balaban J connectivity index is 1.39. The van der Waals surface area contributed by atoms with Gasteiger partial charge in [0.2, 0.25) is 0 Å². The molecule has 0 saturated carbocycles. The smallest absolute Gasteiger partial charge is 0.0562 e. The van der Waals surface area contributed by atoms with E-state index in [0.29, 0.717) is 0 Å². The lowest BCUT2D eigenvalue weighted by Crippen LogP contribution is -2.24. The Morgan fingerprint density at radius 2 is 0.710 bits per heavy atom. The normalized spacial score (nSPS) is 12.2. The lowest BCUT2D eigenvalue weighted by Gasteiger charge is -2.39. The van der Waals surface area contributed by atoms with Gasteiger partial charge in [0.1, 0.15) is 0 Å². The molecular weight excluding hydrogens is 751 g/mol. The van der Waals surface area contributed by atoms with Gasteiger partial charge < -0.3 is 14.7 Å². The van der Waals surface area contributed by atoms with Crippen molar-refractivity contribution in [3.63, 3.8) is 0 Å². The van der Waals surface area contributed by atoms with Gasteiger partial charge in [-0.25, -0.2) is 0 Å². The summed E-state index contributed by atoms with van der Waals surface area (Å²) in [5, 5.41) is 0. The minimum absolute atomic E-state index is 0.921. The van der Waals surface area contributed by atoms with Crippen molar-refractivity contribution in [2.45, 2.75) is 47.5 Å². The van der Waals surface area contributed by atoms with Gasteiger partial charge in [-0.3, -0.25) is 0 Å². The van der Waals surface area contributed by atoms with Crippen LogP contribution in [0, 0.1) is 34.6 Å². The number of aryl methyl sites for hydroxylation is 2. The van der Waals surface area contributed by atoms with Gasteiger partial charge in [0.15, 0.2) is 0 Å². The monoisotopic (exact) mass is 803 g/mol. The van der Waals surface area contributed by atoms with E-state index in [1.165, 1.54) is 61.5 Å². The largest absolute Gasteiger partial charge is 0.314 e. The van der Waals surface area contributed by atoms with Crippen molar-refractivity contribution in [1.82, 2.24) is 0 Å². The molecule has 0 saturated heterocycles. The molecule has 0 unspecified atom stereocenters. The highest BCUT2D eigenvalue weighted by molar-refractivity contribution is 5.96. The molecule has 8 aromatic carbocycles. The third kappa shape index (κ3) is 7.98. The van der Waals surface area contributed by atoms with Crippen LogP contribution in [0.4, 0.5) is 45.5 Å². The fraction of sp³-hybridized carbons (Fsp3) is 0.119. The Kier molecular flexibility index (Phi) is 11.4. The maximum atomic E-state index is 2.55. The Bertz CT molecular complexity index is 2830. The van der Waals surface area contributed by atoms with Crippen LogP contribution < -0.4 is 14.7 Å². The third-order valence-electron chi connectivity index (χ3n) is 12.1. The summed E-state index contributed by atoms with van der Waals surface area (Å²) < 4.78 is 0. The molecule has 8 aromatic rings. The maximum Gasteiger partial charge on any atom is 0.0562 e. The van der Waals surface area contributed by atoms with Gasteiger partial charge in [-0.15, -0.1) is 0 Å². The average Bonchev–Trinajstić information content (AvgIpc) is 3.32. The summed E-state index contributed by atoms with van der Waals surface area (Å²) in [7, 11) is 0. The molecule has 3 heteroatoms. The number of benzene rings is 8. The summed E-state index contributed by atoms with van der Waals surface area (Å²) >= 11 is 0. The molecule has 1 aliphatic carbocycles. The number of nitrogens with zero attached hydrogens (tertiary/aromatic N) is 3. The van der Waals surface area contributed by atoms with Crippen LogP contribution in [0.3, 0.4) is 0 Å². The molecule has 0 heterocycles. The Morgan fingerprint density at radius 3 is 1.16 bits per heavy atom. The molecule has 9 rings (SSSR count). The summed E-state index contributed by atoms with van der Waals surface area (Å²) in [6.45, 7) is 11.3. The van der Waals surface area contributed by atoms with Gasteiger partial charge in [0, 0.05) is 34.1 Å². The molecule has 0 atom stereocenters.